The second kappa shape index (κ2) is 9.55. The van der Waals surface area contributed by atoms with Crippen LogP contribution in [0.5, 0.6) is 0 Å². The third-order valence-corrected chi connectivity index (χ3v) is 8.75. The van der Waals surface area contributed by atoms with Crippen LogP contribution in [0.25, 0.3) is 99.7 Å². The molecule has 0 atom stereocenters. The second-order valence-electron chi connectivity index (χ2n) is 11.5. The summed E-state index contributed by atoms with van der Waals surface area (Å²) in [5.74, 6) is 1.77. The molecule has 0 unspecified atom stereocenters. The summed E-state index contributed by atoms with van der Waals surface area (Å²) in [6.07, 6.45) is 1.79. The van der Waals surface area contributed by atoms with Gasteiger partial charge in [0.15, 0.2) is 23.1 Å². The molecule has 0 aliphatic heterocycles. The Balaban J connectivity index is 1.17. The molecule has 10 rings (SSSR count). The smallest absolute Gasteiger partial charge is 0.164 e. The maximum Gasteiger partial charge on any atom is 0.164 e. The van der Waals surface area contributed by atoms with E-state index in [4.69, 9.17) is 23.8 Å². The zero-order chi connectivity index (χ0) is 30.2. The van der Waals surface area contributed by atoms with Crippen LogP contribution in [-0.2, 0) is 0 Å². The highest BCUT2D eigenvalue weighted by Crippen LogP contribution is 2.36. The van der Waals surface area contributed by atoms with E-state index < -0.39 is 0 Å². The second-order valence-corrected chi connectivity index (χ2v) is 11.5. The Bertz CT molecular complexity index is 2830. The van der Waals surface area contributed by atoms with E-state index in [9.17, 15) is 0 Å². The monoisotopic (exact) mass is 590 g/mol. The van der Waals surface area contributed by atoms with Crippen molar-refractivity contribution >= 4 is 65.6 Å². The molecular weight excluding hydrogens is 568 g/mol. The van der Waals surface area contributed by atoms with Gasteiger partial charge in [-0.25, -0.2) is 15.0 Å². The van der Waals surface area contributed by atoms with E-state index in [1.807, 2.05) is 54.6 Å². The van der Waals surface area contributed by atoms with E-state index in [1.54, 1.807) is 6.20 Å². The highest BCUT2D eigenvalue weighted by atomic mass is 16.3. The molecule has 6 nitrogen and oxygen atoms in total. The number of hydrogen-bond acceptors (Lipinski definition) is 6. The fraction of sp³-hybridized carbons (Fsp3) is 0. The Morgan fingerprint density at radius 3 is 1.85 bits per heavy atom. The van der Waals surface area contributed by atoms with E-state index in [1.165, 1.54) is 0 Å². The molecule has 4 aromatic heterocycles. The van der Waals surface area contributed by atoms with Crippen LogP contribution < -0.4 is 0 Å². The summed E-state index contributed by atoms with van der Waals surface area (Å²) >= 11 is 0. The van der Waals surface area contributed by atoms with E-state index in [0.717, 1.165) is 82.2 Å². The summed E-state index contributed by atoms with van der Waals surface area (Å²) in [7, 11) is 0. The fourth-order valence-electron chi connectivity index (χ4n) is 6.48. The number of aromatic nitrogens is 4. The van der Waals surface area contributed by atoms with Gasteiger partial charge in [0.25, 0.3) is 0 Å². The summed E-state index contributed by atoms with van der Waals surface area (Å²) in [5, 5.41) is 7.48. The van der Waals surface area contributed by atoms with Gasteiger partial charge in [0, 0.05) is 44.4 Å². The van der Waals surface area contributed by atoms with Crippen LogP contribution in [0.4, 0.5) is 0 Å². The van der Waals surface area contributed by atoms with Gasteiger partial charge in [0.2, 0.25) is 0 Å². The molecule has 0 N–H and O–H groups in total. The quantitative estimate of drug-likeness (QED) is 0.204. The number of para-hydroxylation sites is 1. The molecule has 10 aromatic rings. The average Bonchev–Trinajstić information content (AvgIpc) is 3.69. The van der Waals surface area contributed by atoms with E-state index in [2.05, 4.69) is 77.8 Å². The Labute approximate surface area is 261 Å². The summed E-state index contributed by atoms with van der Waals surface area (Å²) < 4.78 is 12.5. The predicted molar refractivity (Wildman–Crippen MR) is 183 cm³/mol. The van der Waals surface area contributed by atoms with E-state index >= 15 is 0 Å². The van der Waals surface area contributed by atoms with Crippen molar-refractivity contribution < 1.29 is 8.83 Å². The molecule has 0 amide bonds. The molecule has 6 heteroatoms. The van der Waals surface area contributed by atoms with Crippen molar-refractivity contribution in [3.05, 3.63) is 134 Å². The van der Waals surface area contributed by atoms with Crippen LogP contribution in [0.1, 0.15) is 0 Å². The normalized spacial score (nSPS) is 11.9. The van der Waals surface area contributed by atoms with Crippen molar-refractivity contribution in [1.29, 1.82) is 0 Å². The van der Waals surface area contributed by atoms with E-state index in [0.29, 0.717) is 17.5 Å². The molecule has 6 aromatic carbocycles. The molecule has 0 aliphatic rings. The lowest BCUT2D eigenvalue weighted by Crippen LogP contribution is -2.00. The van der Waals surface area contributed by atoms with Crippen LogP contribution in [-0.4, -0.2) is 19.9 Å². The molecule has 0 bridgehead atoms. The van der Waals surface area contributed by atoms with E-state index in [-0.39, 0.29) is 0 Å². The zero-order valence-electron chi connectivity index (χ0n) is 24.3. The first-order valence-corrected chi connectivity index (χ1v) is 15.1. The number of furan rings is 2. The minimum Gasteiger partial charge on any atom is -0.456 e. The molecule has 0 saturated carbocycles. The highest BCUT2D eigenvalue weighted by molar-refractivity contribution is 6.14. The molecular formula is C40H22N4O2. The summed E-state index contributed by atoms with van der Waals surface area (Å²) in [6, 6.07) is 43.1. The summed E-state index contributed by atoms with van der Waals surface area (Å²) in [4.78, 5) is 19.6. The molecule has 4 heterocycles. The van der Waals surface area contributed by atoms with Gasteiger partial charge >= 0.3 is 0 Å². The van der Waals surface area contributed by atoms with Crippen molar-refractivity contribution in [3.8, 4) is 34.2 Å². The minimum atomic E-state index is 0.578. The summed E-state index contributed by atoms with van der Waals surface area (Å²) in [5.41, 5.74) is 6.78. The number of pyridine rings is 1. The first-order valence-electron chi connectivity index (χ1n) is 15.1. The largest absolute Gasteiger partial charge is 0.456 e. The first kappa shape index (κ1) is 25.0. The number of fused-ring (bicyclic) bond motifs is 9. The van der Waals surface area contributed by atoms with Crippen molar-refractivity contribution in [2.75, 3.05) is 0 Å². The Kier molecular flexibility index (Phi) is 5.19. The van der Waals surface area contributed by atoms with Crippen LogP contribution in [0, 0.1) is 0 Å². The van der Waals surface area contributed by atoms with Crippen molar-refractivity contribution in [1.82, 2.24) is 19.9 Å². The molecule has 0 spiro atoms. The number of rotatable bonds is 3. The van der Waals surface area contributed by atoms with Crippen LogP contribution >= 0.6 is 0 Å². The van der Waals surface area contributed by atoms with Gasteiger partial charge in [-0.1, -0.05) is 72.8 Å². The predicted octanol–water partition coefficient (Wildman–Crippen LogP) is 10.4. The van der Waals surface area contributed by atoms with Crippen LogP contribution in [0.2, 0.25) is 0 Å². The van der Waals surface area contributed by atoms with Crippen molar-refractivity contribution in [3.63, 3.8) is 0 Å². The third-order valence-electron chi connectivity index (χ3n) is 8.75. The maximum absolute atomic E-state index is 6.24. The highest BCUT2D eigenvalue weighted by Gasteiger charge is 2.17. The van der Waals surface area contributed by atoms with Gasteiger partial charge in [-0.3, -0.25) is 4.98 Å². The molecule has 0 aliphatic carbocycles. The lowest BCUT2D eigenvalue weighted by atomic mass is 10.0. The average molecular weight is 591 g/mol. The zero-order valence-corrected chi connectivity index (χ0v) is 24.3. The fourth-order valence-corrected chi connectivity index (χ4v) is 6.48. The van der Waals surface area contributed by atoms with Gasteiger partial charge < -0.3 is 8.83 Å². The Morgan fingerprint density at radius 2 is 1.00 bits per heavy atom. The molecule has 0 radical (unpaired) electrons. The van der Waals surface area contributed by atoms with Gasteiger partial charge in [0.05, 0.1) is 0 Å². The first-order chi connectivity index (χ1) is 22.7. The lowest BCUT2D eigenvalue weighted by Gasteiger charge is -2.10. The van der Waals surface area contributed by atoms with Crippen molar-refractivity contribution in [2.24, 2.45) is 0 Å². The van der Waals surface area contributed by atoms with Crippen LogP contribution in [0.15, 0.2) is 142 Å². The number of hydrogen-bond donors (Lipinski definition) is 0. The third kappa shape index (κ3) is 3.84. The maximum atomic E-state index is 6.24. The summed E-state index contributed by atoms with van der Waals surface area (Å²) in [6.45, 7) is 0. The Morgan fingerprint density at radius 1 is 0.391 bits per heavy atom. The van der Waals surface area contributed by atoms with Crippen LogP contribution in [0.3, 0.4) is 0 Å². The molecule has 0 saturated heterocycles. The topological polar surface area (TPSA) is 77.8 Å². The molecule has 0 fully saturated rings. The molecule has 214 valence electrons. The standard InChI is InChI=1S/C40H22N4O2/c1-2-7-24-20-26(12-11-23(24)6-1)38-42-39(44-40(43-38)28-15-17-31-30-8-3-4-9-33(30)45-35(31)22-28)27-14-16-29-25(21-27)13-18-32-36-34(46-37(29)32)10-5-19-41-36/h1-22H. The lowest BCUT2D eigenvalue weighted by molar-refractivity contribution is 0.669. The SMILES string of the molecule is c1ccc2cc(-c3nc(-c4ccc5c(ccc6c7ncccc7oc56)c4)nc(-c4ccc5c(c4)oc4ccccc45)n3)ccc2c1. The van der Waals surface area contributed by atoms with Gasteiger partial charge in [-0.05, 0) is 70.8 Å². The Hall–Kier alpha value is -6.40. The van der Waals surface area contributed by atoms with Gasteiger partial charge in [-0.2, -0.15) is 0 Å². The minimum absolute atomic E-state index is 0.578. The number of nitrogens with zero attached hydrogens (tertiary/aromatic N) is 4. The number of benzene rings is 6. The van der Waals surface area contributed by atoms with Crippen molar-refractivity contribution in [2.45, 2.75) is 0 Å². The van der Waals surface area contributed by atoms with Gasteiger partial charge in [-0.15, -0.1) is 0 Å². The molecule has 46 heavy (non-hydrogen) atoms. The van der Waals surface area contributed by atoms with Gasteiger partial charge in [0.1, 0.15) is 22.3 Å².